The van der Waals surface area contributed by atoms with E-state index in [0.29, 0.717) is 24.6 Å². The van der Waals surface area contributed by atoms with Crippen LogP contribution in [0.2, 0.25) is 0 Å². The van der Waals surface area contributed by atoms with E-state index in [9.17, 15) is 4.79 Å². The molecule has 3 rings (SSSR count). The third kappa shape index (κ3) is 6.26. The van der Waals surface area contributed by atoms with Gasteiger partial charge in [0.15, 0.2) is 5.96 Å². The first-order valence-electron chi connectivity index (χ1n) is 10.2. The molecular weight excluding hydrogens is 380 g/mol. The van der Waals surface area contributed by atoms with Gasteiger partial charge in [0, 0.05) is 49.4 Å². The van der Waals surface area contributed by atoms with Gasteiger partial charge in [-0.1, -0.05) is 30.3 Å². The summed E-state index contributed by atoms with van der Waals surface area (Å²) >= 11 is 1.94. The molecule has 1 aliphatic heterocycles. The van der Waals surface area contributed by atoms with Gasteiger partial charge >= 0.3 is 0 Å². The molecule has 1 unspecified atom stereocenters. The highest BCUT2D eigenvalue weighted by Crippen LogP contribution is 2.25. The quantitative estimate of drug-likeness (QED) is 0.416. The molecule has 0 saturated carbocycles. The highest BCUT2D eigenvalue weighted by atomic mass is 32.2. The Bertz CT molecular complexity index is 807. The van der Waals surface area contributed by atoms with Crippen LogP contribution < -0.4 is 10.6 Å². The smallest absolute Gasteiger partial charge is 0.251 e. The van der Waals surface area contributed by atoms with Gasteiger partial charge < -0.3 is 15.5 Å². The minimum atomic E-state index is -0.0284. The molecule has 1 atom stereocenters. The topological polar surface area (TPSA) is 56.7 Å². The van der Waals surface area contributed by atoms with E-state index < -0.39 is 0 Å². The lowest BCUT2D eigenvalue weighted by atomic mass is 10.1. The normalized spacial score (nSPS) is 16.7. The number of likely N-dealkylation sites (tertiary alicyclic amines) is 1. The van der Waals surface area contributed by atoms with Gasteiger partial charge in [-0.3, -0.25) is 9.79 Å². The molecule has 6 heteroatoms. The number of guanidine groups is 1. The Hall–Kier alpha value is -2.47. The average Bonchev–Trinajstić information content (AvgIpc) is 3.23. The summed E-state index contributed by atoms with van der Waals surface area (Å²) in [6.07, 6.45) is 1.20. The van der Waals surface area contributed by atoms with E-state index >= 15 is 0 Å². The monoisotopic (exact) mass is 410 g/mol. The number of hydrogen-bond acceptors (Lipinski definition) is 3. The molecule has 0 bridgehead atoms. The van der Waals surface area contributed by atoms with Gasteiger partial charge in [0.05, 0.1) is 0 Å². The first-order chi connectivity index (χ1) is 14.2. The summed E-state index contributed by atoms with van der Waals surface area (Å²) in [6.45, 7) is 5.33. The molecular formula is C23H30N4OS. The number of nitrogens with zero attached hydrogens (tertiary/aromatic N) is 2. The third-order valence-corrected chi connectivity index (χ3v) is 6.27. The number of hydrogen-bond donors (Lipinski definition) is 2. The van der Waals surface area contributed by atoms with Gasteiger partial charge in [-0.25, -0.2) is 0 Å². The lowest BCUT2D eigenvalue weighted by Gasteiger charge is -2.22. The number of aliphatic imine (C=N–C) groups is 1. The van der Waals surface area contributed by atoms with Gasteiger partial charge in [0.25, 0.3) is 5.91 Å². The van der Waals surface area contributed by atoms with E-state index in [0.717, 1.165) is 30.4 Å². The summed E-state index contributed by atoms with van der Waals surface area (Å²) in [6, 6.07) is 18.3. The van der Waals surface area contributed by atoms with Gasteiger partial charge in [-0.2, -0.15) is 0 Å². The Kier molecular flexibility index (Phi) is 7.99. The van der Waals surface area contributed by atoms with Crippen molar-refractivity contribution in [3.8, 4) is 0 Å². The zero-order chi connectivity index (χ0) is 20.5. The zero-order valence-corrected chi connectivity index (χ0v) is 18.0. The molecule has 2 aromatic rings. The average molecular weight is 411 g/mol. The Balaban J connectivity index is 1.46. The molecule has 0 aliphatic carbocycles. The SMILES string of the molecule is CCNC(=O)c1ccc(CNC(=NC)N2CCC(CSc3ccccc3)C2)cc1. The minimum absolute atomic E-state index is 0.0284. The van der Waals surface area contributed by atoms with Crippen molar-refractivity contribution in [2.45, 2.75) is 24.8 Å². The van der Waals surface area contributed by atoms with Crippen LogP contribution in [0.25, 0.3) is 0 Å². The fourth-order valence-electron chi connectivity index (χ4n) is 3.44. The van der Waals surface area contributed by atoms with Crippen LogP contribution in [0, 0.1) is 5.92 Å². The summed E-state index contributed by atoms with van der Waals surface area (Å²) in [4.78, 5) is 20.0. The van der Waals surface area contributed by atoms with E-state index in [1.54, 1.807) is 0 Å². The second kappa shape index (κ2) is 10.9. The number of amides is 1. The first kappa shape index (κ1) is 21.2. The standard InChI is InChI=1S/C23H30N4OS/c1-3-25-22(28)20-11-9-18(10-12-20)15-26-23(24-2)27-14-13-19(16-27)17-29-21-7-5-4-6-8-21/h4-12,19H,3,13-17H2,1-2H3,(H,24,26)(H,25,28). The maximum Gasteiger partial charge on any atom is 0.251 e. The van der Waals surface area contributed by atoms with E-state index in [2.05, 4.69) is 50.9 Å². The molecule has 1 heterocycles. The molecule has 1 amide bonds. The highest BCUT2D eigenvalue weighted by molar-refractivity contribution is 7.99. The number of thioether (sulfide) groups is 1. The molecule has 1 aliphatic rings. The van der Waals surface area contributed by atoms with Gasteiger partial charge in [-0.15, -0.1) is 11.8 Å². The minimum Gasteiger partial charge on any atom is -0.352 e. The Morgan fingerprint density at radius 3 is 2.59 bits per heavy atom. The maximum atomic E-state index is 11.9. The van der Waals surface area contributed by atoms with Crippen molar-refractivity contribution in [3.63, 3.8) is 0 Å². The van der Waals surface area contributed by atoms with Crippen molar-refractivity contribution in [2.24, 2.45) is 10.9 Å². The van der Waals surface area contributed by atoms with E-state index in [1.165, 1.54) is 11.3 Å². The van der Waals surface area contributed by atoms with Gasteiger partial charge in [-0.05, 0) is 49.1 Å². The summed E-state index contributed by atoms with van der Waals surface area (Å²) in [5.41, 5.74) is 1.83. The van der Waals surface area contributed by atoms with Crippen molar-refractivity contribution >= 4 is 23.6 Å². The molecule has 0 aromatic heterocycles. The van der Waals surface area contributed by atoms with Gasteiger partial charge in [0.2, 0.25) is 0 Å². The van der Waals surface area contributed by atoms with Crippen LogP contribution in [0.5, 0.6) is 0 Å². The predicted molar refractivity (Wildman–Crippen MR) is 121 cm³/mol. The molecule has 1 saturated heterocycles. The highest BCUT2D eigenvalue weighted by Gasteiger charge is 2.24. The number of nitrogens with one attached hydrogen (secondary N) is 2. The number of carbonyl (C=O) groups is 1. The molecule has 0 radical (unpaired) electrons. The van der Waals surface area contributed by atoms with Crippen LogP contribution in [0.1, 0.15) is 29.3 Å². The second-order valence-corrected chi connectivity index (χ2v) is 8.28. The lowest BCUT2D eigenvalue weighted by molar-refractivity contribution is 0.0956. The van der Waals surface area contributed by atoms with Crippen molar-refractivity contribution in [2.75, 3.05) is 32.4 Å². The van der Waals surface area contributed by atoms with E-state index in [4.69, 9.17) is 0 Å². The molecule has 0 spiro atoms. The van der Waals surface area contributed by atoms with Crippen molar-refractivity contribution in [3.05, 3.63) is 65.7 Å². The number of carbonyl (C=O) groups excluding carboxylic acids is 1. The largest absolute Gasteiger partial charge is 0.352 e. The molecule has 29 heavy (non-hydrogen) atoms. The van der Waals surface area contributed by atoms with Crippen LogP contribution in [-0.2, 0) is 6.54 Å². The van der Waals surface area contributed by atoms with Gasteiger partial charge in [0.1, 0.15) is 0 Å². The summed E-state index contributed by atoms with van der Waals surface area (Å²) in [5.74, 6) is 2.73. The summed E-state index contributed by atoms with van der Waals surface area (Å²) in [7, 11) is 1.84. The third-order valence-electron chi connectivity index (χ3n) is 5.03. The maximum absolute atomic E-state index is 11.9. The van der Waals surface area contributed by atoms with Crippen LogP contribution in [0.4, 0.5) is 0 Å². The predicted octanol–water partition coefficient (Wildman–Crippen LogP) is 3.63. The number of benzene rings is 2. The number of rotatable bonds is 7. The van der Waals surface area contributed by atoms with Crippen molar-refractivity contribution in [1.82, 2.24) is 15.5 Å². The van der Waals surface area contributed by atoms with Crippen LogP contribution >= 0.6 is 11.8 Å². The Morgan fingerprint density at radius 2 is 1.90 bits per heavy atom. The summed E-state index contributed by atoms with van der Waals surface area (Å²) < 4.78 is 0. The van der Waals surface area contributed by atoms with E-state index in [1.807, 2.05) is 50.0 Å². The molecule has 1 fully saturated rings. The zero-order valence-electron chi connectivity index (χ0n) is 17.2. The molecule has 154 valence electrons. The fraction of sp³-hybridized carbons (Fsp3) is 0.391. The fourth-order valence-corrected chi connectivity index (χ4v) is 4.49. The van der Waals surface area contributed by atoms with E-state index in [-0.39, 0.29) is 5.91 Å². The lowest BCUT2D eigenvalue weighted by Crippen LogP contribution is -2.39. The second-order valence-electron chi connectivity index (χ2n) is 7.18. The molecule has 2 N–H and O–H groups in total. The first-order valence-corrected chi connectivity index (χ1v) is 11.2. The van der Waals surface area contributed by atoms with Crippen LogP contribution in [0.15, 0.2) is 64.5 Å². The van der Waals surface area contributed by atoms with Crippen LogP contribution in [0.3, 0.4) is 0 Å². The Labute approximate surface area is 178 Å². The van der Waals surface area contributed by atoms with Crippen molar-refractivity contribution < 1.29 is 4.79 Å². The molecule has 2 aromatic carbocycles. The molecule has 5 nitrogen and oxygen atoms in total. The van der Waals surface area contributed by atoms with Crippen molar-refractivity contribution in [1.29, 1.82) is 0 Å². The van der Waals surface area contributed by atoms with Crippen LogP contribution in [-0.4, -0.2) is 49.2 Å². The summed E-state index contributed by atoms with van der Waals surface area (Å²) in [5, 5.41) is 6.28. The Morgan fingerprint density at radius 1 is 1.14 bits per heavy atom.